The van der Waals surface area contributed by atoms with Gasteiger partial charge >= 0.3 is 0 Å². The average molecular weight is 326 g/mol. The lowest BCUT2D eigenvalue weighted by molar-refractivity contribution is 0.0950. The Kier molecular flexibility index (Phi) is 4.04. The van der Waals surface area contributed by atoms with Gasteiger partial charge in [-0.2, -0.15) is 0 Å². The molecular formula is C13H12BrNO2S. The van der Waals surface area contributed by atoms with Crippen LogP contribution in [0.5, 0.6) is 5.75 Å². The van der Waals surface area contributed by atoms with Crippen molar-refractivity contribution in [2.45, 2.75) is 13.5 Å². The molecule has 0 radical (unpaired) electrons. The Morgan fingerprint density at radius 3 is 2.83 bits per heavy atom. The van der Waals surface area contributed by atoms with Crippen LogP contribution in [0, 0.1) is 6.92 Å². The first-order chi connectivity index (χ1) is 8.56. The maximum absolute atomic E-state index is 12.0. The molecule has 0 fully saturated rings. The number of carbonyl (C=O) groups excluding carboxylic acids is 1. The van der Waals surface area contributed by atoms with Crippen LogP contribution in [0.3, 0.4) is 0 Å². The minimum Gasteiger partial charge on any atom is -0.508 e. The highest BCUT2D eigenvalue weighted by molar-refractivity contribution is 9.10. The molecule has 0 spiro atoms. The van der Waals surface area contributed by atoms with Crippen LogP contribution >= 0.6 is 27.3 Å². The number of phenols is 1. The average Bonchev–Trinajstić information content (AvgIpc) is 2.72. The summed E-state index contributed by atoms with van der Waals surface area (Å²) in [6, 6.07) is 6.71. The van der Waals surface area contributed by atoms with E-state index in [-0.39, 0.29) is 11.7 Å². The molecule has 1 aromatic heterocycles. The lowest BCUT2D eigenvalue weighted by Crippen LogP contribution is -2.23. The summed E-state index contributed by atoms with van der Waals surface area (Å²) in [5.74, 6) is 0.0447. The first-order valence-electron chi connectivity index (χ1n) is 5.37. The van der Waals surface area contributed by atoms with E-state index in [9.17, 15) is 9.90 Å². The first kappa shape index (κ1) is 13.1. The van der Waals surface area contributed by atoms with Gasteiger partial charge in [-0.3, -0.25) is 4.79 Å². The van der Waals surface area contributed by atoms with Crippen molar-refractivity contribution in [3.8, 4) is 5.75 Å². The van der Waals surface area contributed by atoms with Gasteiger partial charge in [0.2, 0.25) is 0 Å². The Labute approximate surface area is 118 Å². The summed E-state index contributed by atoms with van der Waals surface area (Å²) in [6.07, 6.45) is 0. The van der Waals surface area contributed by atoms with Gasteiger partial charge in [-0.05, 0) is 52.7 Å². The van der Waals surface area contributed by atoms with Crippen LogP contribution in [0.2, 0.25) is 0 Å². The number of phenolic OH excluding ortho intramolecular Hbond substituents is 1. The van der Waals surface area contributed by atoms with E-state index in [1.54, 1.807) is 30.4 Å². The third-order valence-electron chi connectivity index (χ3n) is 2.50. The predicted molar refractivity (Wildman–Crippen MR) is 76.0 cm³/mol. The zero-order valence-corrected chi connectivity index (χ0v) is 12.1. The van der Waals surface area contributed by atoms with Gasteiger partial charge in [-0.25, -0.2) is 0 Å². The fourth-order valence-electron chi connectivity index (χ4n) is 1.61. The SMILES string of the molecule is Cc1cc(O)ccc1C(=O)NCc1cc(Br)cs1. The molecule has 0 aliphatic heterocycles. The number of aryl methyl sites for hydroxylation is 1. The molecule has 0 saturated heterocycles. The molecule has 0 bridgehead atoms. The smallest absolute Gasteiger partial charge is 0.251 e. The minimum absolute atomic E-state index is 0.128. The fourth-order valence-corrected chi connectivity index (χ4v) is 3.00. The summed E-state index contributed by atoms with van der Waals surface area (Å²) in [5, 5.41) is 14.1. The number of thiophene rings is 1. The number of carbonyl (C=O) groups is 1. The highest BCUT2D eigenvalue weighted by Gasteiger charge is 2.09. The third-order valence-corrected chi connectivity index (χ3v) is 4.20. The molecule has 1 aromatic carbocycles. The molecule has 2 N–H and O–H groups in total. The molecule has 0 aliphatic carbocycles. The normalized spacial score (nSPS) is 10.3. The molecule has 5 heteroatoms. The van der Waals surface area contributed by atoms with E-state index in [0.29, 0.717) is 12.1 Å². The van der Waals surface area contributed by atoms with Gasteiger partial charge in [-0.1, -0.05) is 0 Å². The van der Waals surface area contributed by atoms with Crippen LogP contribution in [0.1, 0.15) is 20.8 Å². The van der Waals surface area contributed by atoms with E-state index in [2.05, 4.69) is 21.2 Å². The zero-order chi connectivity index (χ0) is 13.1. The fraction of sp³-hybridized carbons (Fsp3) is 0.154. The van der Waals surface area contributed by atoms with Crippen molar-refractivity contribution in [3.63, 3.8) is 0 Å². The standard InChI is InChI=1S/C13H12BrNO2S/c1-8-4-10(16)2-3-12(8)13(17)15-6-11-5-9(14)7-18-11/h2-5,7,16H,6H2,1H3,(H,15,17). The highest BCUT2D eigenvalue weighted by Crippen LogP contribution is 2.20. The van der Waals surface area contributed by atoms with Crippen molar-refractivity contribution in [3.05, 3.63) is 50.1 Å². The van der Waals surface area contributed by atoms with Gasteiger partial charge in [0, 0.05) is 20.3 Å². The van der Waals surface area contributed by atoms with Crippen molar-refractivity contribution < 1.29 is 9.90 Å². The lowest BCUT2D eigenvalue weighted by Gasteiger charge is -2.07. The van der Waals surface area contributed by atoms with Crippen molar-refractivity contribution in [1.82, 2.24) is 5.32 Å². The number of nitrogens with one attached hydrogen (secondary N) is 1. The van der Waals surface area contributed by atoms with Gasteiger partial charge in [0.15, 0.2) is 0 Å². The molecule has 1 amide bonds. The maximum Gasteiger partial charge on any atom is 0.251 e. The number of hydrogen-bond donors (Lipinski definition) is 2. The van der Waals surface area contributed by atoms with Gasteiger partial charge in [0.05, 0.1) is 6.54 Å². The third kappa shape index (κ3) is 3.11. The summed E-state index contributed by atoms with van der Waals surface area (Å²) in [5.41, 5.74) is 1.35. The molecular weight excluding hydrogens is 314 g/mol. The largest absolute Gasteiger partial charge is 0.508 e. The van der Waals surface area contributed by atoms with Crippen LogP contribution < -0.4 is 5.32 Å². The Morgan fingerprint density at radius 2 is 2.22 bits per heavy atom. The van der Waals surface area contributed by atoms with E-state index >= 15 is 0 Å². The number of aromatic hydroxyl groups is 1. The zero-order valence-electron chi connectivity index (χ0n) is 9.74. The maximum atomic E-state index is 12.0. The molecule has 2 rings (SSSR count). The Hall–Kier alpha value is -1.33. The molecule has 0 atom stereocenters. The Bertz CT molecular complexity index is 580. The van der Waals surface area contributed by atoms with Gasteiger partial charge in [-0.15, -0.1) is 11.3 Å². The molecule has 0 aliphatic rings. The van der Waals surface area contributed by atoms with Crippen molar-refractivity contribution >= 4 is 33.2 Å². The summed E-state index contributed by atoms with van der Waals surface area (Å²) < 4.78 is 1.03. The van der Waals surface area contributed by atoms with Crippen LogP contribution in [0.25, 0.3) is 0 Å². The van der Waals surface area contributed by atoms with E-state index in [1.807, 2.05) is 11.4 Å². The Balaban J connectivity index is 2.03. The summed E-state index contributed by atoms with van der Waals surface area (Å²) in [6.45, 7) is 2.31. The monoisotopic (exact) mass is 325 g/mol. The van der Waals surface area contributed by atoms with Crippen molar-refractivity contribution in [2.75, 3.05) is 0 Å². The quantitative estimate of drug-likeness (QED) is 0.908. The lowest BCUT2D eigenvalue weighted by atomic mass is 10.1. The second-order valence-corrected chi connectivity index (χ2v) is 5.82. The second-order valence-electron chi connectivity index (χ2n) is 3.91. The number of halogens is 1. The van der Waals surface area contributed by atoms with Crippen LogP contribution in [-0.2, 0) is 6.54 Å². The topological polar surface area (TPSA) is 49.3 Å². The van der Waals surface area contributed by atoms with Crippen LogP contribution in [0.4, 0.5) is 0 Å². The van der Waals surface area contributed by atoms with E-state index in [0.717, 1.165) is 14.9 Å². The molecule has 0 saturated carbocycles. The van der Waals surface area contributed by atoms with Crippen molar-refractivity contribution in [1.29, 1.82) is 0 Å². The summed E-state index contributed by atoms with van der Waals surface area (Å²) in [7, 11) is 0. The second kappa shape index (κ2) is 5.54. The van der Waals surface area contributed by atoms with E-state index in [4.69, 9.17) is 0 Å². The van der Waals surface area contributed by atoms with Gasteiger partial charge in [0.1, 0.15) is 5.75 Å². The van der Waals surface area contributed by atoms with Crippen LogP contribution in [0.15, 0.2) is 34.1 Å². The highest BCUT2D eigenvalue weighted by atomic mass is 79.9. The predicted octanol–water partition coefficient (Wildman–Crippen LogP) is 3.45. The van der Waals surface area contributed by atoms with Gasteiger partial charge in [0.25, 0.3) is 5.91 Å². The number of benzene rings is 1. The molecule has 94 valence electrons. The molecule has 2 aromatic rings. The number of amides is 1. The van der Waals surface area contributed by atoms with E-state index in [1.165, 1.54) is 6.07 Å². The first-order valence-corrected chi connectivity index (χ1v) is 7.04. The molecule has 3 nitrogen and oxygen atoms in total. The van der Waals surface area contributed by atoms with E-state index < -0.39 is 0 Å². The molecule has 1 heterocycles. The minimum atomic E-state index is -0.128. The summed E-state index contributed by atoms with van der Waals surface area (Å²) >= 11 is 4.97. The summed E-state index contributed by atoms with van der Waals surface area (Å²) in [4.78, 5) is 13.0. The molecule has 0 unspecified atom stereocenters. The number of hydrogen-bond acceptors (Lipinski definition) is 3. The number of rotatable bonds is 3. The van der Waals surface area contributed by atoms with Crippen molar-refractivity contribution in [2.24, 2.45) is 0 Å². The van der Waals surface area contributed by atoms with Crippen LogP contribution in [-0.4, -0.2) is 11.0 Å². The molecule has 18 heavy (non-hydrogen) atoms. The van der Waals surface area contributed by atoms with Gasteiger partial charge < -0.3 is 10.4 Å². The Morgan fingerprint density at radius 1 is 1.44 bits per heavy atom.